The SMILES string of the molecule is CC/C=C(/C)NCCCCCC.CSc1cccc(/C(C)=C(/C)c2cccc(C)n2)c1. The number of allylic oxidation sites excluding steroid dienone is 4. The maximum atomic E-state index is 4.60. The van der Waals surface area contributed by atoms with Gasteiger partial charge in [-0.2, -0.15) is 0 Å². The zero-order valence-electron chi connectivity index (χ0n) is 20.7. The molecule has 2 aromatic rings. The first-order valence-corrected chi connectivity index (χ1v) is 12.8. The number of aromatic nitrogens is 1. The fraction of sp³-hybridized carbons (Fsp3) is 0.464. The van der Waals surface area contributed by atoms with Gasteiger partial charge in [0.25, 0.3) is 0 Å². The van der Waals surface area contributed by atoms with Crippen LogP contribution in [-0.2, 0) is 0 Å². The minimum absolute atomic E-state index is 1.06. The number of benzene rings is 1. The van der Waals surface area contributed by atoms with Crippen molar-refractivity contribution in [1.82, 2.24) is 10.3 Å². The molecule has 0 amide bonds. The summed E-state index contributed by atoms with van der Waals surface area (Å²) < 4.78 is 0. The van der Waals surface area contributed by atoms with Crippen LogP contribution in [0.15, 0.2) is 59.1 Å². The zero-order chi connectivity index (χ0) is 23.1. The van der Waals surface area contributed by atoms with Crippen molar-refractivity contribution >= 4 is 22.9 Å². The van der Waals surface area contributed by atoms with Crippen LogP contribution in [0.1, 0.15) is 83.7 Å². The molecular weight excluding hydrogens is 396 g/mol. The van der Waals surface area contributed by atoms with E-state index in [9.17, 15) is 0 Å². The normalized spacial score (nSPS) is 12.0. The number of rotatable bonds is 10. The second-order valence-electron chi connectivity index (χ2n) is 7.93. The van der Waals surface area contributed by atoms with Gasteiger partial charge in [0.05, 0.1) is 5.69 Å². The van der Waals surface area contributed by atoms with Gasteiger partial charge in [-0.05, 0) is 87.8 Å². The van der Waals surface area contributed by atoms with E-state index in [1.54, 1.807) is 11.8 Å². The average molecular weight is 439 g/mol. The van der Waals surface area contributed by atoms with Crippen molar-refractivity contribution in [2.75, 3.05) is 12.8 Å². The molecule has 1 aromatic heterocycles. The van der Waals surface area contributed by atoms with E-state index in [1.807, 2.05) is 13.0 Å². The maximum Gasteiger partial charge on any atom is 0.0664 e. The number of hydrogen-bond acceptors (Lipinski definition) is 3. The highest BCUT2D eigenvalue weighted by atomic mass is 32.2. The van der Waals surface area contributed by atoms with Crippen LogP contribution in [0.3, 0.4) is 0 Å². The first kappa shape index (κ1) is 27.0. The molecule has 0 aliphatic carbocycles. The summed E-state index contributed by atoms with van der Waals surface area (Å²) in [4.78, 5) is 5.89. The highest BCUT2D eigenvalue weighted by Crippen LogP contribution is 2.27. The number of pyridine rings is 1. The fourth-order valence-electron chi connectivity index (χ4n) is 3.23. The van der Waals surface area contributed by atoms with Gasteiger partial charge < -0.3 is 5.32 Å². The predicted octanol–water partition coefficient (Wildman–Crippen LogP) is 8.53. The molecule has 0 radical (unpaired) electrons. The second-order valence-corrected chi connectivity index (χ2v) is 8.81. The van der Waals surface area contributed by atoms with E-state index in [0.717, 1.165) is 24.4 Å². The number of nitrogens with one attached hydrogen (secondary N) is 1. The van der Waals surface area contributed by atoms with Crippen LogP contribution in [0.5, 0.6) is 0 Å². The molecule has 3 heteroatoms. The van der Waals surface area contributed by atoms with Gasteiger partial charge >= 0.3 is 0 Å². The number of unbranched alkanes of at least 4 members (excludes halogenated alkanes) is 3. The van der Waals surface area contributed by atoms with Crippen LogP contribution in [-0.4, -0.2) is 17.8 Å². The van der Waals surface area contributed by atoms with Crippen molar-refractivity contribution in [1.29, 1.82) is 0 Å². The molecule has 0 aliphatic heterocycles. The summed E-state index contributed by atoms with van der Waals surface area (Å²) in [6, 6.07) is 14.8. The predicted molar refractivity (Wildman–Crippen MR) is 142 cm³/mol. The molecule has 31 heavy (non-hydrogen) atoms. The molecule has 0 saturated heterocycles. The Morgan fingerprint density at radius 1 is 0.968 bits per heavy atom. The average Bonchev–Trinajstić information content (AvgIpc) is 2.78. The summed E-state index contributed by atoms with van der Waals surface area (Å²) >= 11 is 1.77. The molecule has 2 rings (SSSR count). The Morgan fingerprint density at radius 2 is 1.71 bits per heavy atom. The van der Waals surface area contributed by atoms with Crippen LogP contribution in [0.4, 0.5) is 0 Å². The van der Waals surface area contributed by atoms with E-state index < -0.39 is 0 Å². The van der Waals surface area contributed by atoms with Crippen LogP contribution >= 0.6 is 11.8 Å². The van der Waals surface area contributed by atoms with Gasteiger partial charge in [-0.25, -0.2) is 0 Å². The van der Waals surface area contributed by atoms with Gasteiger partial charge in [-0.3, -0.25) is 4.98 Å². The Morgan fingerprint density at radius 3 is 2.35 bits per heavy atom. The lowest BCUT2D eigenvalue weighted by Crippen LogP contribution is -2.12. The van der Waals surface area contributed by atoms with Crippen molar-refractivity contribution in [2.45, 2.75) is 78.5 Å². The third-order valence-corrected chi connectivity index (χ3v) is 6.01. The summed E-state index contributed by atoms with van der Waals surface area (Å²) in [5.41, 5.74) is 7.24. The Balaban J connectivity index is 0.000000348. The summed E-state index contributed by atoms with van der Waals surface area (Å²) in [6.45, 7) is 14.0. The molecule has 1 heterocycles. The van der Waals surface area contributed by atoms with E-state index in [0.29, 0.717) is 0 Å². The van der Waals surface area contributed by atoms with Crippen LogP contribution in [0.25, 0.3) is 11.1 Å². The third kappa shape index (κ3) is 10.7. The first-order chi connectivity index (χ1) is 14.9. The van der Waals surface area contributed by atoms with E-state index in [2.05, 4.69) is 93.6 Å². The molecule has 170 valence electrons. The van der Waals surface area contributed by atoms with Gasteiger partial charge in [-0.15, -0.1) is 11.8 Å². The molecule has 0 bridgehead atoms. The van der Waals surface area contributed by atoms with Crippen molar-refractivity contribution in [3.05, 3.63) is 71.2 Å². The molecule has 0 aliphatic rings. The smallest absolute Gasteiger partial charge is 0.0664 e. The minimum atomic E-state index is 1.06. The summed E-state index contributed by atoms with van der Waals surface area (Å²) in [6.07, 6.45) is 10.8. The molecule has 1 N–H and O–H groups in total. The Kier molecular flexibility index (Phi) is 13.7. The minimum Gasteiger partial charge on any atom is -0.389 e. The number of nitrogens with zero attached hydrogens (tertiary/aromatic N) is 1. The van der Waals surface area contributed by atoms with Gasteiger partial charge in [-0.1, -0.05) is 57.4 Å². The number of aryl methyl sites for hydroxylation is 1. The van der Waals surface area contributed by atoms with Gasteiger partial charge in [0.1, 0.15) is 0 Å². The molecule has 0 fully saturated rings. The van der Waals surface area contributed by atoms with Gasteiger partial charge in [0.15, 0.2) is 0 Å². The third-order valence-electron chi connectivity index (χ3n) is 5.28. The van der Waals surface area contributed by atoms with E-state index in [-0.39, 0.29) is 0 Å². The second kappa shape index (κ2) is 15.8. The van der Waals surface area contributed by atoms with Crippen LogP contribution in [0.2, 0.25) is 0 Å². The standard InChI is InChI=1S/C17H19NS.C11H23N/c1-12-7-5-10-17(18-12)14(3)13(2)15-8-6-9-16(11-15)19-4;1-4-6-7-8-10-12-11(3)9-5-2/h5-11H,1-4H3;9,12H,4-8,10H2,1-3H3/b14-13-;11-9-. The van der Waals surface area contributed by atoms with E-state index >= 15 is 0 Å². The molecule has 1 aromatic carbocycles. The monoisotopic (exact) mass is 438 g/mol. The topological polar surface area (TPSA) is 24.9 Å². The lowest BCUT2D eigenvalue weighted by Gasteiger charge is -2.09. The molecule has 0 unspecified atom stereocenters. The largest absolute Gasteiger partial charge is 0.389 e. The Bertz CT molecular complexity index is 836. The zero-order valence-corrected chi connectivity index (χ0v) is 21.5. The number of thioether (sulfide) groups is 1. The summed E-state index contributed by atoms with van der Waals surface area (Å²) in [5, 5.41) is 3.40. The van der Waals surface area contributed by atoms with Gasteiger partial charge in [0, 0.05) is 22.8 Å². The lowest BCUT2D eigenvalue weighted by atomic mass is 10.00. The number of hydrogen-bond donors (Lipinski definition) is 1. The fourth-order valence-corrected chi connectivity index (χ4v) is 3.69. The summed E-state index contributed by atoms with van der Waals surface area (Å²) in [7, 11) is 0. The van der Waals surface area contributed by atoms with Crippen molar-refractivity contribution in [2.24, 2.45) is 0 Å². The van der Waals surface area contributed by atoms with E-state index in [1.165, 1.54) is 53.0 Å². The molecule has 0 spiro atoms. The Labute approximate surface area is 195 Å². The quantitative estimate of drug-likeness (QED) is 0.297. The van der Waals surface area contributed by atoms with Crippen molar-refractivity contribution < 1.29 is 0 Å². The molecule has 0 saturated carbocycles. The first-order valence-electron chi connectivity index (χ1n) is 11.6. The van der Waals surface area contributed by atoms with Crippen molar-refractivity contribution in [3.63, 3.8) is 0 Å². The van der Waals surface area contributed by atoms with Crippen LogP contribution < -0.4 is 5.32 Å². The lowest BCUT2D eigenvalue weighted by molar-refractivity contribution is 0.634. The van der Waals surface area contributed by atoms with E-state index in [4.69, 9.17) is 0 Å². The molecule has 0 atom stereocenters. The Hall–Kier alpha value is -2.00. The van der Waals surface area contributed by atoms with Crippen molar-refractivity contribution in [3.8, 4) is 0 Å². The maximum absolute atomic E-state index is 4.60. The highest BCUT2D eigenvalue weighted by molar-refractivity contribution is 7.98. The summed E-state index contributed by atoms with van der Waals surface area (Å²) in [5.74, 6) is 0. The van der Waals surface area contributed by atoms with Gasteiger partial charge in [0.2, 0.25) is 0 Å². The molecular formula is C28H42N2S. The highest BCUT2D eigenvalue weighted by Gasteiger charge is 2.05. The molecule has 2 nitrogen and oxygen atoms in total. The van der Waals surface area contributed by atoms with Crippen LogP contribution in [0, 0.1) is 6.92 Å².